The van der Waals surface area contributed by atoms with Crippen molar-refractivity contribution < 1.29 is 21.6 Å². The zero-order valence-corrected chi connectivity index (χ0v) is 17.7. The van der Waals surface area contributed by atoms with Crippen molar-refractivity contribution in [2.75, 3.05) is 12.3 Å². The number of nitrogens with one attached hydrogen (secondary N) is 1. The highest BCUT2D eigenvalue weighted by atomic mass is 32.2. The minimum Gasteiger partial charge on any atom is -0.243 e. The van der Waals surface area contributed by atoms with E-state index in [1.54, 1.807) is 30.3 Å². The fourth-order valence-corrected chi connectivity index (χ4v) is 5.31. The van der Waals surface area contributed by atoms with Gasteiger partial charge in [-0.05, 0) is 35.0 Å². The molecule has 4 aromatic rings. The van der Waals surface area contributed by atoms with E-state index in [0.29, 0.717) is 10.3 Å². The summed E-state index contributed by atoms with van der Waals surface area (Å²) in [4.78, 5) is 4.24. The quantitative estimate of drug-likeness (QED) is 0.305. The van der Waals surface area contributed by atoms with Crippen LogP contribution in [0.4, 0.5) is 13.2 Å². The second kappa shape index (κ2) is 8.49. The Hall–Kier alpha value is -2.62. The first kappa shape index (κ1) is 21.6. The largest absolute Gasteiger partial charge is 0.433 e. The van der Waals surface area contributed by atoms with Crippen molar-refractivity contribution >= 4 is 43.5 Å². The van der Waals surface area contributed by atoms with Crippen LogP contribution in [0.2, 0.25) is 0 Å². The first-order valence-corrected chi connectivity index (χ1v) is 11.8. The Balaban J connectivity index is 1.48. The maximum Gasteiger partial charge on any atom is 0.433 e. The van der Waals surface area contributed by atoms with Crippen LogP contribution in [0.1, 0.15) is 5.69 Å². The molecule has 0 amide bonds. The highest BCUT2D eigenvalue weighted by Crippen LogP contribution is 2.34. The van der Waals surface area contributed by atoms with Crippen molar-refractivity contribution in [3.8, 4) is 0 Å². The van der Waals surface area contributed by atoms with E-state index in [2.05, 4.69) is 9.71 Å². The summed E-state index contributed by atoms with van der Waals surface area (Å²) in [5.41, 5.74) is -0.720. The molecule has 0 aliphatic carbocycles. The lowest BCUT2D eigenvalue weighted by Crippen LogP contribution is -2.26. The third-order valence-corrected chi connectivity index (χ3v) is 7.17. The van der Waals surface area contributed by atoms with Gasteiger partial charge in [-0.25, -0.2) is 18.1 Å². The summed E-state index contributed by atoms with van der Waals surface area (Å²) in [6.45, 7) is 0.0673. The third kappa shape index (κ3) is 4.84. The monoisotopic (exact) mass is 462 g/mol. The Morgan fingerprint density at radius 1 is 0.903 bits per heavy atom. The standard InChI is InChI=1S/C22H17F3N2O2S2/c23-22(24,25)21-14-20(18-7-3-4-8-19(18)27-21)30-12-11-26-31(28,29)17-10-9-15-5-1-2-6-16(15)13-17/h1-10,13-14,26H,11-12H2. The lowest BCUT2D eigenvalue weighted by Gasteiger charge is -2.12. The number of alkyl halides is 3. The number of nitrogens with zero attached hydrogens (tertiary/aromatic N) is 1. The lowest BCUT2D eigenvalue weighted by molar-refractivity contribution is -0.141. The van der Waals surface area contributed by atoms with Gasteiger partial charge in [0.05, 0.1) is 10.4 Å². The fraction of sp³-hybridized carbons (Fsp3) is 0.136. The van der Waals surface area contributed by atoms with Crippen LogP contribution in [0.5, 0.6) is 0 Å². The number of pyridine rings is 1. The first-order chi connectivity index (χ1) is 14.7. The summed E-state index contributed by atoms with van der Waals surface area (Å²) in [5.74, 6) is 0.262. The molecule has 0 unspecified atom stereocenters. The van der Waals surface area contributed by atoms with Crippen LogP contribution >= 0.6 is 11.8 Å². The van der Waals surface area contributed by atoms with Crippen molar-refractivity contribution in [3.05, 3.63) is 78.5 Å². The predicted molar refractivity (Wildman–Crippen MR) is 117 cm³/mol. The highest BCUT2D eigenvalue weighted by Gasteiger charge is 2.33. The molecule has 0 saturated heterocycles. The minimum absolute atomic E-state index is 0.0673. The average molecular weight is 463 g/mol. The second-order valence-electron chi connectivity index (χ2n) is 6.78. The number of sulfonamides is 1. The third-order valence-electron chi connectivity index (χ3n) is 4.65. The highest BCUT2D eigenvalue weighted by molar-refractivity contribution is 7.99. The van der Waals surface area contributed by atoms with Crippen LogP contribution in [0.3, 0.4) is 0 Å². The number of para-hydroxylation sites is 1. The van der Waals surface area contributed by atoms with Crippen molar-refractivity contribution in [3.63, 3.8) is 0 Å². The van der Waals surface area contributed by atoms with Gasteiger partial charge < -0.3 is 0 Å². The summed E-state index contributed by atoms with van der Waals surface area (Å²) in [7, 11) is -3.74. The van der Waals surface area contributed by atoms with Crippen molar-refractivity contribution in [2.24, 2.45) is 0 Å². The molecular formula is C22H17F3N2O2S2. The fourth-order valence-electron chi connectivity index (χ4n) is 3.16. The zero-order chi connectivity index (χ0) is 22.1. The van der Waals surface area contributed by atoms with Gasteiger partial charge in [0, 0.05) is 22.6 Å². The molecule has 31 heavy (non-hydrogen) atoms. The number of rotatable bonds is 6. The molecule has 0 fully saturated rings. The van der Waals surface area contributed by atoms with Crippen molar-refractivity contribution in [1.82, 2.24) is 9.71 Å². The molecule has 0 radical (unpaired) electrons. The molecule has 3 aromatic carbocycles. The molecule has 9 heteroatoms. The van der Waals surface area contributed by atoms with E-state index in [0.717, 1.165) is 28.6 Å². The van der Waals surface area contributed by atoms with Gasteiger partial charge in [-0.15, -0.1) is 11.8 Å². The van der Waals surface area contributed by atoms with Gasteiger partial charge in [-0.1, -0.05) is 48.5 Å². The topological polar surface area (TPSA) is 59.1 Å². The molecule has 160 valence electrons. The summed E-state index contributed by atoms with van der Waals surface area (Å²) in [6.07, 6.45) is -4.56. The molecule has 4 rings (SSSR count). The first-order valence-electron chi connectivity index (χ1n) is 9.32. The maximum atomic E-state index is 13.2. The molecule has 1 heterocycles. The predicted octanol–water partition coefficient (Wildman–Crippen LogP) is 5.48. The average Bonchev–Trinajstić information content (AvgIpc) is 2.75. The lowest BCUT2D eigenvalue weighted by atomic mass is 10.1. The second-order valence-corrected chi connectivity index (χ2v) is 9.68. The molecule has 0 aliphatic heterocycles. The van der Waals surface area contributed by atoms with Crippen molar-refractivity contribution in [2.45, 2.75) is 16.0 Å². The molecule has 0 atom stereocenters. The Morgan fingerprint density at radius 2 is 1.61 bits per heavy atom. The van der Waals surface area contributed by atoms with Gasteiger partial charge >= 0.3 is 6.18 Å². The zero-order valence-electron chi connectivity index (χ0n) is 16.1. The molecule has 0 aliphatic rings. The molecule has 4 nitrogen and oxygen atoms in total. The molecule has 1 aromatic heterocycles. The summed E-state index contributed by atoms with van der Waals surface area (Å²) in [5, 5.41) is 2.34. The Morgan fingerprint density at radius 3 is 2.39 bits per heavy atom. The van der Waals surface area contributed by atoms with Gasteiger partial charge in [0.1, 0.15) is 5.69 Å². The number of aromatic nitrogens is 1. The van der Waals surface area contributed by atoms with Crippen LogP contribution in [0, 0.1) is 0 Å². The normalized spacial score (nSPS) is 12.5. The van der Waals surface area contributed by atoms with Crippen LogP contribution in [-0.4, -0.2) is 25.7 Å². The van der Waals surface area contributed by atoms with E-state index in [9.17, 15) is 21.6 Å². The Bertz CT molecular complexity index is 1360. The molecule has 0 bridgehead atoms. The molecule has 0 saturated carbocycles. The Kier molecular flexibility index (Phi) is 5.92. The number of hydrogen-bond acceptors (Lipinski definition) is 4. The number of fused-ring (bicyclic) bond motifs is 2. The van der Waals surface area contributed by atoms with Gasteiger partial charge in [0.2, 0.25) is 10.0 Å². The van der Waals surface area contributed by atoms with E-state index in [4.69, 9.17) is 0 Å². The van der Waals surface area contributed by atoms with Gasteiger partial charge in [0.15, 0.2) is 0 Å². The van der Waals surface area contributed by atoms with E-state index in [1.165, 1.54) is 12.1 Å². The molecule has 0 spiro atoms. The van der Waals surface area contributed by atoms with E-state index >= 15 is 0 Å². The SMILES string of the molecule is O=S(=O)(NCCSc1cc(C(F)(F)F)nc2ccccc12)c1ccc2ccccc2c1. The smallest absolute Gasteiger partial charge is 0.243 e. The van der Waals surface area contributed by atoms with Crippen LogP contribution in [0.25, 0.3) is 21.7 Å². The summed E-state index contributed by atoms with van der Waals surface area (Å²) in [6, 6.07) is 19.9. The van der Waals surface area contributed by atoms with Gasteiger partial charge in [-0.2, -0.15) is 13.2 Å². The van der Waals surface area contributed by atoms with Crippen LogP contribution in [-0.2, 0) is 16.2 Å². The Labute approximate surface area is 181 Å². The van der Waals surface area contributed by atoms with Gasteiger partial charge in [0.25, 0.3) is 0 Å². The molecular weight excluding hydrogens is 445 g/mol. The van der Waals surface area contributed by atoms with E-state index in [1.807, 2.05) is 24.3 Å². The number of thioether (sulfide) groups is 1. The van der Waals surface area contributed by atoms with E-state index in [-0.39, 0.29) is 22.7 Å². The van der Waals surface area contributed by atoms with Crippen LogP contribution < -0.4 is 4.72 Å². The summed E-state index contributed by atoms with van der Waals surface area (Å²) >= 11 is 1.15. The van der Waals surface area contributed by atoms with Gasteiger partial charge in [-0.3, -0.25) is 0 Å². The number of halogens is 3. The molecule has 1 N–H and O–H groups in total. The van der Waals surface area contributed by atoms with Crippen LogP contribution in [0.15, 0.2) is 82.6 Å². The van der Waals surface area contributed by atoms with E-state index < -0.39 is 21.9 Å². The number of benzene rings is 3. The minimum atomic E-state index is -4.56. The summed E-state index contributed by atoms with van der Waals surface area (Å²) < 4.78 is 67.3. The maximum absolute atomic E-state index is 13.2. The number of hydrogen-bond donors (Lipinski definition) is 1. The van der Waals surface area contributed by atoms with Crippen molar-refractivity contribution in [1.29, 1.82) is 0 Å².